The summed E-state index contributed by atoms with van der Waals surface area (Å²) in [5.41, 5.74) is 6.98. The fourth-order valence-electron chi connectivity index (χ4n) is 3.12. The first kappa shape index (κ1) is 19.9. The topological polar surface area (TPSA) is 89.3 Å². The van der Waals surface area contributed by atoms with E-state index in [4.69, 9.17) is 5.73 Å². The van der Waals surface area contributed by atoms with Crippen molar-refractivity contribution in [1.29, 1.82) is 0 Å². The van der Waals surface area contributed by atoms with E-state index in [0.717, 1.165) is 18.4 Å². The normalized spacial score (nSPS) is 16.7. The zero-order chi connectivity index (χ0) is 16.4. The van der Waals surface area contributed by atoms with Gasteiger partial charge in [-0.3, -0.25) is 4.79 Å². The lowest BCUT2D eigenvalue weighted by Gasteiger charge is -2.28. The van der Waals surface area contributed by atoms with E-state index >= 15 is 0 Å². The van der Waals surface area contributed by atoms with Gasteiger partial charge in [0.25, 0.3) is 0 Å². The molecule has 0 atom stereocenters. The maximum Gasteiger partial charge on any atom is 0.241 e. The van der Waals surface area contributed by atoms with Crippen LogP contribution in [0.15, 0.2) is 23.1 Å². The molecule has 0 spiro atoms. The Labute approximate surface area is 144 Å². The van der Waals surface area contributed by atoms with Gasteiger partial charge in [-0.25, -0.2) is 8.42 Å². The standard InChI is InChI=1S/C16H24N2O3S.ClH/c1-12-5-6-13(2)14(11-12)22(20,21)16(7-3-4-8-16)15(19)18-10-9-17;/h5-6,11H,3-4,7-10,17H2,1-2H3,(H,18,19);1H. The highest BCUT2D eigenvalue weighted by molar-refractivity contribution is 7.93. The zero-order valence-corrected chi connectivity index (χ0v) is 15.2. The summed E-state index contributed by atoms with van der Waals surface area (Å²) in [6, 6.07) is 5.34. The van der Waals surface area contributed by atoms with Crippen LogP contribution in [0.1, 0.15) is 36.8 Å². The average Bonchev–Trinajstić information content (AvgIpc) is 2.98. The number of benzene rings is 1. The van der Waals surface area contributed by atoms with Gasteiger partial charge < -0.3 is 11.1 Å². The van der Waals surface area contributed by atoms with E-state index in [1.807, 2.05) is 13.0 Å². The van der Waals surface area contributed by atoms with Crippen LogP contribution in [-0.2, 0) is 14.6 Å². The van der Waals surface area contributed by atoms with E-state index in [2.05, 4.69) is 5.32 Å². The van der Waals surface area contributed by atoms with Gasteiger partial charge >= 0.3 is 0 Å². The van der Waals surface area contributed by atoms with Gasteiger partial charge in [0.15, 0.2) is 14.6 Å². The molecule has 130 valence electrons. The van der Waals surface area contributed by atoms with E-state index in [1.54, 1.807) is 19.1 Å². The second kappa shape index (κ2) is 7.64. The molecular weight excluding hydrogens is 336 g/mol. The van der Waals surface area contributed by atoms with Gasteiger partial charge in [-0.1, -0.05) is 25.0 Å². The molecule has 23 heavy (non-hydrogen) atoms. The summed E-state index contributed by atoms with van der Waals surface area (Å²) >= 11 is 0. The quantitative estimate of drug-likeness (QED) is 0.839. The van der Waals surface area contributed by atoms with Crippen molar-refractivity contribution in [2.45, 2.75) is 49.2 Å². The smallest absolute Gasteiger partial charge is 0.241 e. The highest BCUT2D eigenvalue weighted by Gasteiger charge is 2.53. The predicted octanol–water partition coefficient (Wildman–Crippen LogP) is 1.89. The summed E-state index contributed by atoms with van der Waals surface area (Å²) in [5.74, 6) is -0.406. The van der Waals surface area contributed by atoms with Crippen LogP contribution in [0.4, 0.5) is 0 Å². The molecule has 1 amide bonds. The van der Waals surface area contributed by atoms with Crippen molar-refractivity contribution in [2.24, 2.45) is 5.73 Å². The van der Waals surface area contributed by atoms with Crippen LogP contribution in [0, 0.1) is 13.8 Å². The molecule has 0 saturated heterocycles. The van der Waals surface area contributed by atoms with Crippen molar-refractivity contribution < 1.29 is 13.2 Å². The molecule has 1 aliphatic carbocycles. The maximum atomic E-state index is 13.2. The SMILES string of the molecule is Cc1ccc(C)c(S(=O)(=O)C2(C(=O)NCCN)CCCC2)c1.Cl. The van der Waals surface area contributed by atoms with Gasteiger partial charge in [-0.05, 0) is 43.9 Å². The third-order valence-corrected chi connectivity index (χ3v) is 7.04. The fourth-order valence-corrected chi connectivity index (χ4v) is 5.51. The third kappa shape index (κ3) is 3.54. The molecule has 0 heterocycles. The Morgan fingerprint density at radius 1 is 1.26 bits per heavy atom. The molecule has 1 saturated carbocycles. The van der Waals surface area contributed by atoms with E-state index in [1.165, 1.54) is 0 Å². The fraction of sp³-hybridized carbons (Fsp3) is 0.562. The van der Waals surface area contributed by atoms with Crippen LogP contribution in [0.25, 0.3) is 0 Å². The van der Waals surface area contributed by atoms with Crippen molar-refractivity contribution >= 4 is 28.2 Å². The van der Waals surface area contributed by atoms with Crippen LogP contribution >= 0.6 is 12.4 Å². The number of carbonyl (C=O) groups excluding carboxylic acids is 1. The second-order valence-corrected chi connectivity index (χ2v) is 8.25. The van der Waals surface area contributed by atoms with Crippen molar-refractivity contribution in [1.82, 2.24) is 5.32 Å². The van der Waals surface area contributed by atoms with Gasteiger partial charge in [0, 0.05) is 13.1 Å². The van der Waals surface area contributed by atoms with Crippen molar-refractivity contribution in [3.05, 3.63) is 29.3 Å². The van der Waals surface area contributed by atoms with E-state index in [-0.39, 0.29) is 17.3 Å². The molecule has 1 fully saturated rings. The molecule has 0 bridgehead atoms. The third-order valence-electron chi connectivity index (χ3n) is 4.40. The Morgan fingerprint density at radius 2 is 1.87 bits per heavy atom. The predicted molar refractivity (Wildman–Crippen MR) is 93.6 cm³/mol. The van der Waals surface area contributed by atoms with Crippen LogP contribution in [0.3, 0.4) is 0 Å². The summed E-state index contributed by atoms with van der Waals surface area (Å²) in [4.78, 5) is 12.9. The molecule has 1 aromatic rings. The average molecular weight is 361 g/mol. The lowest BCUT2D eigenvalue weighted by Crippen LogP contribution is -2.51. The number of sulfone groups is 1. The lowest BCUT2D eigenvalue weighted by molar-refractivity contribution is -0.123. The van der Waals surface area contributed by atoms with Crippen LogP contribution in [0.2, 0.25) is 0 Å². The van der Waals surface area contributed by atoms with Crippen LogP contribution in [-0.4, -0.2) is 32.2 Å². The van der Waals surface area contributed by atoms with Gasteiger partial charge in [0.2, 0.25) is 5.91 Å². The zero-order valence-electron chi connectivity index (χ0n) is 13.6. The number of halogens is 1. The van der Waals surface area contributed by atoms with Gasteiger partial charge in [0.05, 0.1) is 4.90 Å². The van der Waals surface area contributed by atoms with Crippen LogP contribution in [0.5, 0.6) is 0 Å². The maximum absolute atomic E-state index is 13.2. The number of rotatable bonds is 5. The van der Waals surface area contributed by atoms with E-state index in [9.17, 15) is 13.2 Å². The molecule has 0 aromatic heterocycles. The van der Waals surface area contributed by atoms with E-state index < -0.39 is 20.5 Å². The minimum Gasteiger partial charge on any atom is -0.353 e. The molecule has 1 aromatic carbocycles. The molecule has 2 rings (SSSR count). The minimum absolute atomic E-state index is 0. The Kier molecular flexibility index (Phi) is 6.62. The molecule has 0 aliphatic heterocycles. The van der Waals surface area contributed by atoms with Crippen LogP contribution < -0.4 is 11.1 Å². The Hall–Kier alpha value is -1.11. The first-order valence-corrected chi connectivity index (χ1v) is 9.14. The summed E-state index contributed by atoms with van der Waals surface area (Å²) in [6.45, 7) is 4.22. The molecule has 1 aliphatic rings. The van der Waals surface area contributed by atoms with Crippen molar-refractivity contribution in [3.63, 3.8) is 0 Å². The Balaban J connectivity index is 0.00000264. The minimum atomic E-state index is -3.74. The number of hydrogen-bond donors (Lipinski definition) is 2. The first-order chi connectivity index (χ1) is 10.3. The molecule has 5 nitrogen and oxygen atoms in total. The van der Waals surface area contributed by atoms with Gasteiger partial charge in [0.1, 0.15) is 0 Å². The monoisotopic (exact) mass is 360 g/mol. The summed E-state index contributed by atoms with van der Waals surface area (Å²) in [5, 5.41) is 2.68. The lowest BCUT2D eigenvalue weighted by atomic mass is 10.1. The number of nitrogens with one attached hydrogen (secondary N) is 1. The first-order valence-electron chi connectivity index (χ1n) is 7.65. The highest BCUT2D eigenvalue weighted by Crippen LogP contribution is 2.41. The number of hydrogen-bond acceptors (Lipinski definition) is 4. The van der Waals surface area contributed by atoms with Crippen molar-refractivity contribution in [2.75, 3.05) is 13.1 Å². The molecule has 0 unspecified atom stereocenters. The van der Waals surface area contributed by atoms with Crippen molar-refractivity contribution in [3.8, 4) is 0 Å². The Bertz CT molecular complexity index is 668. The Morgan fingerprint density at radius 3 is 2.43 bits per heavy atom. The molecule has 0 radical (unpaired) electrons. The van der Waals surface area contributed by atoms with E-state index in [0.29, 0.717) is 31.5 Å². The summed E-state index contributed by atoms with van der Waals surface area (Å²) in [6.07, 6.45) is 2.25. The largest absolute Gasteiger partial charge is 0.353 e. The summed E-state index contributed by atoms with van der Waals surface area (Å²) in [7, 11) is -3.74. The molecule has 7 heteroatoms. The number of nitrogens with two attached hydrogens (primary N) is 1. The van der Waals surface area contributed by atoms with Gasteiger partial charge in [-0.2, -0.15) is 0 Å². The molecule has 3 N–H and O–H groups in total. The number of aryl methyl sites for hydroxylation is 2. The summed E-state index contributed by atoms with van der Waals surface area (Å²) < 4.78 is 25.1. The molecular formula is C16H25ClN2O3S. The highest BCUT2D eigenvalue weighted by atomic mass is 35.5. The second-order valence-electron chi connectivity index (χ2n) is 6.02. The number of amides is 1. The number of carbonyl (C=O) groups is 1. The van der Waals surface area contributed by atoms with Gasteiger partial charge in [-0.15, -0.1) is 12.4 Å².